The molecule has 0 aromatic heterocycles. The second kappa shape index (κ2) is 30.0. The third kappa shape index (κ3) is 22.0. The van der Waals surface area contributed by atoms with Crippen molar-refractivity contribution in [3.8, 4) is 0 Å². The minimum atomic E-state index is -2.40. The molecule has 0 bridgehead atoms. The summed E-state index contributed by atoms with van der Waals surface area (Å²) in [6.45, 7) is 31.5. The predicted octanol–water partition coefficient (Wildman–Crippen LogP) is 19.6. The van der Waals surface area contributed by atoms with Gasteiger partial charge in [0.05, 0.1) is 0 Å². The van der Waals surface area contributed by atoms with E-state index in [1.807, 2.05) is 0 Å². The number of hydrogen-bond acceptors (Lipinski definition) is 2. The Morgan fingerprint density at radius 1 is 0.282 bits per heavy atom. The summed E-state index contributed by atoms with van der Waals surface area (Å²) in [4.78, 5) is 6.37. The number of aliphatic imine (C=N–C) groups is 2. The number of allylic oxidation sites excluding steroid dienone is 4. The van der Waals surface area contributed by atoms with Crippen LogP contribution in [-0.4, -0.2) is 44.4 Å². The first kappa shape index (κ1) is 75.8. The smallest absolute Gasteiger partial charge is 0.668 e. The van der Waals surface area contributed by atoms with Gasteiger partial charge in [-0.15, -0.1) is 0 Å². The van der Waals surface area contributed by atoms with Gasteiger partial charge in [0.1, 0.15) is 34.6 Å². The van der Waals surface area contributed by atoms with Crippen LogP contribution in [0.3, 0.4) is 0 Å². The molecule has 0 spiro atoms. The van der Waals surface area contributed by atoms with Gasteiger partial charge in [0, 0.05) is 11.4 Å². The zero-order chi connectivity index (χ0) is 59.8. The quantitative estimate of drug-likeness (QED) is 0.0445. The molecule has 436 valence electrons. The summed E-state index contributed by atoms with van der Waals surface area (Å²) < 4.78 is 276. The van der Waals surface area contributed by atoms with E-state index in [0.29, 0.717) is 0 Å². The van der Waals surface area contributed by atoms with E-state index >= 15 is 0 Å². The summed E-state index contributed by atoms with van der Waals surface area (Å²) in [6.07, 6.45) is 1.49. The molecule has 4 rings (SSSR count). The van der Waals surface area contributed by atoms with E-state index in [2.05, 4.69) is 99.2 Å². The van der Waals surface area contributed by atoms with Crippen molar-refractivity contribution in [1.29, 1.82) is 0 Å². The molecule has 0 N–H and O–H groups in total. The van der Waals surface area contributed by atoms with Crippen LogP contribution < -0.4 is 0 Å². The SMILES string of the molecule is CC(/C=C(/C)[N-]c1c(F)c(F)c(F)c(F)c1F)=Nc1c(F)c(F)c(F)c(F)c1F.CC(/C=C(/C)[N-]c1c(F)c(F)c(F)c(F)c1F)=Nc1c(F)c(F)c(F)c(F)c1F.C[Si](C)(C)[N-][Si](C)(C)C.C[Si](C)(C)[N-][Si](C)(C)C.[Fe+2].[Fe+2]. The van der Waals surface area contributed by atoms with E-state index in [9.17, 15) is 87.8 Å². The van der Waals surface area contributed by atoms with E-state index in [4.69, 9.17) is 9.30 Å². The summed E-state index contributed by atoms with van der Waals surface area (Å²) in [6, 6.07) is 0. The average Bonchev–Trinajstić information content (AvgIpc) is 3.27. The van der Waals surface area contributed by atoms with E-state index in [1.54, 1.807) is 0 Å². The number of hydrogen-bond donors (Lipinski definition) is 0. The van der Waals surface area contributed by atoms with Crippen molar-refractivity contribution in [2.24, 2.45) is 9.98 Å². The van der Waals surface area contributed by atoms with Crippen LogP contribution >= 0.6 is 0 Å². The number of rotatable bonds is 12. The molecule has 0 radical (unpaired) electrons. The maximum atomic E-state index is 13.6. The van der Waals surface area contributed by atoms with Crippen molar-refractivity contribution < 1.29 is 122 Å². The standard InChI is InChI=1S/2C17H7F10N2.2C6H18NSi2.2Fe/c2*1-4(28-16-12(24)8(20)6(18)9(21)13(16)25)3-5(2)29-17-14(26)10(22)7(19)11(23)15(17)27;2*1-8(2,3)7-9(4,5)6;;/h2*3H,1-2H3;2*1-6H3;;/q4*-1;2*+2/b2*4-3-,29-5?;;;;. The minimum absolute atomic E-state index is 0. The zero-order valence-electron chi connectivity index (χ0n) is 44.1. The van der Waals surface area contributed by atoms with Crippen LogP contribution in [0.4, 0.5) is 111 Å². The summed E-state index contributed by atoms with van der Waals surface area (Å²) in [7, 11) is -4.42. The maximum Gasteiger partial charge on any atom is 2.00 e. The van der Waals surface area contributed by atoms with Crippen LogP contribution in [0, 0.1) is 116 Å². The van der Waals surface area contributed by atoms with Crippen LogP contribution in [0.1, 0.15) is 27.7 Å². The molecule has 0 atom stereocenters. The molecule has 4 aromatic rings. The van der Waals surface area contributed by atoms with Gasteiger partial charge >= 0.3 is 34.1 Å². The third-order valence-electron chi connectivity index (χ3n) is 8.08. The van der Waals surface area contributed by atoms with Crippen molar-refractivity contribution in [2.45, 2.75) is 106 Å². The second-order valence-electron chi connectivity index (χ2n) is 19.9. The molecule has 0 unspecified atom stereocenters. The van der Waals surface area contributed by atoms with Gasteiger partial charge in [-0.1, -0.05) is 149 Å². The van der Waals surface area contributed by atoms with Gasteiger partial charge in [-0.3, -0.25) is 0 Å². The van der Waals surface area contributed by atoms with Gasteiger partial charge in [0.2, 0.25) is 11.6 Å². The van der Waals surface area contributed by atoms with Crippen LogP contribution in [0.2, 0.25) is 78.6 Å². The fraction of sp³-hybridized carbons (Fsp3) is 0.348. The molecule has 32 heteroatoms. The topological polar surface area (TPSA) is 81.1 Å². The van der Waals surface area contributed by atoms with Crippen LogP contribution in [0.5, 0.6) is 0 Å². The third-order valence-corrected chi connectivity index (χ3v) is 18.8. The molecule has 78 heavy (non-hydrogen) atoms. The molecular weight excluding hydrogens is 1240 g/mol. The molecule has 0 aliphatic heterocycles. The number of benzene rings is 4. The van der Waals surface area contributed by atoms with E-state index in [-0.39, 0.29) is 34.1 Å². The summed E-state index contributed by atoms with van der Waals surface area (Å²) in [5.41, 5.74) is -8.01. The Morgan fingerprint density at radius 3 is 0.590 bits per heavy atom. The monoisotopic (exact) mass is 1290 g/mol. The van der Waals surface area contributed by atoms with Gasteiger partial charge in [-0.05, 0) is 13.8 Å². The number of nitrogens with zero attached hydrogens (tertiary/aromatic N) is 6. The molecule has 0 saturated heterocycles. The van der Waals surface area contributed by atoms with Crippen LogP contribution in [-0.2, 0) is 34.1 Å². The van der Waals surface area contributed by atoms with Crippen molar-refractivity contribution >= 4 is 67.1 Å². The van der Waals surface area contributed by atoms with Crippen molar-refractivity contribution in [2.75, 3.05) is 0 Å². The van der Waals surface area contributed by atoms with Crippen molar-refractivity contribution in [3.05, 3.63) is 160 Å². The summed E-state index contributed by atoms with van der Waals surface area (Å²) >= 11 is 0. The van der Waals surface area contributed by atoms with Gasteiger partial charge in [0.15, 0.2) is 81.4 Å². The second-order valence-corrected chi connectivity index (χ2v) is 39.0. The first-order chi connectivity index (χ1) is 34.2. The maximum absolute atomic E-state index is 13.6. The molecule has 0 fully saturated rings. The Bertz CT molecular complexity index is 2600. The van der Waals surface area contributed by atoms with Crippen molar-refractivity contribution in [3.63, 3.8) is 0 Å². The molecule has 0 saturated carbocycles. The van der Waals surface area contributed by atoms with Gasteiger partial charge < -0.3 is 19.9 Å². The summed E-state index contributed by atoms with van der Waals surface area (Å²) in [5.74, 6) is -45.4. The van der Waals surface area contributed by atoms with E-state index in [1.165, 1.54) is 0 Å². The Morgan fingerprint density at radius 2 is 0.436 bits per heavy atom. The van der Waals surface area contributed by atoms with Gasteiger partial charge in [0.25, 0.3) is 0 Å². The first-order valence-electron chi connectivity index (χ1n) is 21.6. The fourth-order valence-corrected chi connectivity index (χ4v) is 22.3. The molecule has 4 aromatic carbocycles. The summed E-state index contributed by atoms with van der Waals surface area (Å²) in [5, 5.41) is 6.37. The Balaban J connectivity index is 0. The Labute approximate surface area is 463 Å². The van der Waals surface area contributed by atoms with E-state index < -0.39 is 195 Å². The minimum Gasteiger partial charge on any atom is -0.668 e. The molecule has 0 aliphatic carbocycles. The first-order valence-corrected chi connectivity index (χ1v) is 35.4. The molecule has 6 nitrogen and oxygen atoms in total. The van der Waals surface area contributed by atoms with Crippen molar-refractivity contribution in [1.82, 2.24) is 0 Å². The van der Waals surface area contributed by atoms with Crippen LogP contribution in [0.15, 0.2) is 33.5 Å². The largest absolute Gasteiger partial charge is 2.00 e. The van der Waals surface area contributed by atoms with Gasteiger partial charge in [-0.25, -0.2) is 97.8 Å². The fourth-order valence-electron chi connectivity index (χ4n) is 6.22. The van der Waals surface area contributed by atoms with E-state index in [0.717, 1.165) is 39.8 Å². The zero-order valence-corrected chi connectivity index (χ0v) is 50.3. The van der Waals surface area contributed by atoms with Crippen LogP contribution in [0.25, 0.3) is 19.9 Å². The molecular formula is C46H50F20Fe2N6Si4. The normalized spacial score (nSPS) is 12.6. The predicted molar refractivity (Wildman–Crippen MR) is 264 cm³/mol. The molecule has 0 aliphatic rings. The van der Waals surface area contributed by atoms with Gasteiger partial charge in [-0.2, -0.15) is 11.4 Å². The Kier molecular flexibility index (Phi) is 29.1. The molecule has 0 heterocycles. The number of halogens is 20. The average molecular weight is 1290 g/mol. The molecule has 0 amide bonds. The Hall–Kier alpha value is -4.27.